The molecule has 3 heteroatoms. The van der Waals surface area contributed by atoms with Gasteiger partial charge in [-0.2, -0.15) is 0 Å². The highest BCUT2D eigenvalue weighted by Crippen LogP contribution is 2.22. The summed E-state index contributed by atoms with van der Waals surface area (Å²) in [6, 6.07) is 14.9. The van der Waals surface area contributed by atoms with Gasteiger partial charge in [0.15, 0.2) is 0 Å². The molecule has 2 aromatic rings. The van der Waals surface area contributed by atoms with Crippen molar-refractivity contribution in [1.29, 1.82) is 0 Å². The number of hydrogen-bond donors (Lipinski definition) is 1. The van der Waals surface area contributed by atoms with Gasteiger partial charge in [-0.25, -0.2) is 4.98 Å². The molecule has 0 saturated carbocycles. The van der Waals surface area contributed by atoms with Crippen molar-refractivity contribution in [2.24, 2.45) is 0 Å². The van der Waals surface area contributed by atoms with E-state index in [1.54, 1.807) is 0 Å². The number of halogens is 1. The Labute approximate surface area is 125 Å². The summed E-state index contributed by atoms with van der Waals surface area (Å²) in [6.45, 7) is 0. The highest BCUT2D eigenvalue weighted by atomic mass is 35.5. The molecule has 1 atom stereocenters. The normalized spacial score (nSPS) is 14.8. The van der Waals surface area contributed by atoms with E-state index in [1.165, 1.54) is 29.7 Å². The lowest BCUT2D eigenvalue weighted by Crippen LogP contribution is -2.24. The van der Waals surface area contributed by atoms with Gasteiger partial charge in [0, 0.05) is 17.6 Å². The lowest BCUT2D eigenvalue weighted by atomic mass is 10.1. The standard InChI is InChI=1S/C17H19ClN2/c18-12-15(11-13-5-2-1-3-6-13)19-17-10-9-14-7-4-8-16(14)20-17/h1-3,5-6,9-10,15H,4,7-8,11-12H2,(H,19,20). The zero-order valence-electron chi connectivity index (χ0n) is 11.5. The van der Waals surface area contributed by atoms with Crippen molar-refractivity contribution in [3.05, 3.63) is 59.3 Å². The number of aromatic nitrogens is 1. The number of rotatable bonds is 5. The summed E-state index contributed by atoms with van der Waals surface area (Å²) < 4.78 is 0. The minimum Gasteiger partial charge on any atom is -0.366 e. The Bertz CT molecular complexity index is 568. The number of hydrogen-bond acceptors (Lipinski definition) is 2. The molecule has 104 valence electrons. The highest BCUT2D eigenvalue weighted by Gasteiger charge is 2.14. The number of pyridine rings is 1. The number of benzene rings is 1. The Kier molecular flexibility index (Phi) is 4.22. The maximum atomic E-state index is 6.09. The van der Waals surface area contributed by atoms with Gasteiger partial charge in [0.1, 0.15) is 5.82 Å². The summed E-state index contributed by atoms with van der Waals surface area (Å²) in [5, 5.41) is 3.46. The van der Waals surface area contributed by atoms with Crippen molar-refractivity contribution in [2.75, 3.05) is 11.2 Å². The second kappa shape index (κ2) is 6.27. The van der Waals surface area contributed by atoms with Crippen molar-refractivity contribution in [2.45, 2.75) is 31.7 Å². The highest BCUT2D eigenvalue weighted by molar-refractivity contribution is 6.18. The summed E-state index contributed by atoms with van der Waals surface area (Å²) in [6.07, 6.45) is 4.43. The van der Waals surface area contributed by atoms with Crippen LogP contribution in [-0.2, 0) is 19.3 Å². The van der Waals surface area contributed by atoms with E-state index >= 15 is 0 Å². The molecule has 1 aliphatic rings. The molecular formula is C17H19ClN2. The quantitative estimate of drug-likeness (QED) is 0.845. The molecule has 20 heavy (non-hydrogen) atoms. The average molecular weight is 287 g/mol. The smallest absolute Gasteiger partial charge is 0.126 e. The van der Waals surface area contributed by atoms with Gasteiger partial charge in [-0.05, 0) is 42.9 Å². The van der Waals surface area contributed by atoms with Crippen LogP contribution in [0.15, 0.2) is 42.5 Å². The molecule has 0 saturated heterocycles. The van der Waals surface area contributed by atoms with Gasteiger partial charge in [-0.3, -0.25) is 0 Å². The van der Waals surface area contributed by atoms with Crippen LogP contribution in [0.5, 0.6) is 0 Å². The third kappa shape index (κ3) is 3.13. The molecule has 0 bridgehead atoms. The van der Waals surface area contributed by atoms with Gasteiger partial charge in [0.25, 0.3) is 0 Å². The molecule has 1 aromatic carbocycles. The fraction of sp³-hybridized carbons (Fsp3) is 0.353. The Balaban J connectivity index is 1.68. The molecule has 1 aromatic heterocycles. The number of fused-ring (bicyclic) bond motifs is 1. The number of aryl methyl sites for hydroxylation is 2. The van der Waals surface area contributed by atoms with Crippen molar-refractivity contribution in [1.82, 2.24) is 4.98 Å². The van der Waals surface area contributed by atoms with E-state index in [4.69, 9.17) is 16.6 Å². The van der Waals surface area contributed by atoms with E-state index in [9.17, 15) is 0 Å². The van der Waals surface area contributed by atoms with Crippen LogP contribution in [-0.4, -0.2) is 16.9 Å². The van der Waals surface area contributed by atoms with Crippen LogP contribution >= 0.6 is 11.6 Å². The average Bonchev–Trinajstić information content (AvgIpc) is 2.95. The molecule has 0 aliphatic heterocycles. The molecule has 3 rings (SSSR count). The lowest BCUT2D eigenvalue weighted by molar-refractivity contribution is 0.789. The third-order valence-corrected chi connectivity index (χ3v) is 4.16. The zero-order valence-corrected chi connectivity index (χ0v) is 12.2. The fourth-order valence-corrected chi connectivity index (χ4v) is 2.94. The van der Waals surface area contributed by atoms with E-state index in [0.717, 1.165) is 18.7 Å². The van der Waals surface area contributed by atoms with Gasteiger partial charge in [-0.15, -0.1) is 11.6 Å². The number of nitrogens with zero attached hydrogens (tertiary/aromatic N) is 1. The van der Waals surface area contributed by atoms with E-state index in [2.05, 4.69) is 41.7 Å². The Hall–Kier alpha value is -1.54. The van der Waals surface area contributed by atoms with Crippen molar-refractivity contribution in [3.8, 4) is 0 Å². The molecule has 1 heterocycles. The van der Waals surface area contributed by atoms with Crippen molar-refractivity contribution in [3.63, 3.8) is 0 Å². The molecule has 0 spiro atoms. The van der Waals surface area contributed by atoms with Gasteiger partial charge < -0.3 is 5.32 Å². The van der Waals surface area contributed by atoms with Crippen LogP contribution in [0.4, 0.5) is 5.82 Å². The molecule has 1 N–H and O–H groups in total. The Morgan fingerprint density at radius 3 is 2.75 bits per heavy atom. The predicted octanol–water partition coefficient (Wildman–Crippen LogP) is 3.83. The zero-order chi connectivity index (χ0) is 13.8. The van der Waals surface area contributed by atoms with Crippen LogP contribution < -0.4 is 5.32 Å². The van der Waals surface area contributed by atoms with E-state index in [0.29, 0.717) is 5.88 Å². The minimum absolute atomic E-state index is 0.214. The van der Waals surface area contributed by atoms with Crippen molar-refractivity contribution < 1.29 is 0 Å². The minimum atomic E-state index is 0.214. The molecule has 1 unspecified atom stereocenters. The van der Waals surface area contributed by atoms with Crippen LogP contribution in [0.25, 0.3) is 0 Å². The van der Waals surface area contributed by atoms with Crippen LogP contribution in [0.1, 0.15) is 23.2 Å². The first kappa shape index (κ1) is 13.4. The van der Waals surface area contributed by atoms with Crippen LogP contribution in [0.3, 0.4) is 0 Å². The first-order valence-corrected chi connectivity index (χ1v) is 7.74. The maximum absolute atomic E-state index is 6.09. The van der Waals surface area contributed by atoms with Crippen LogP contribution in [0.2, 0.25) is 0 Å². The largest absolute Gasteiger partial charge is 0.366 e. The Morgan fingerprint density at radius 2 is 1.95 bits per heavy atom. The van der Waals surface area contributed by atoms with E-state index < -0.39 is 0 Å². The Morgan fingerprint density at radius 1 is 1.10 bits per heavy atom. The molecular weight excluding hydrogens is 268 g/mol. The van der Waals surface area contributed by atoms with Gasteiger partial charge in [0.2, 0.25) is 0 Å². The first-order chi connectivity index (χ1) is 9.85. The number of anilines is 1. The summed E-state index contributed by atoms with van der Waals surface area (Å²) >= 11 is 6.09. The first-order valence-electron chi connectivity index (χ1n) is 7.20. The number of nitrogens with one attached hydrogen (secondary N) is 1. The molecule has 0 radical (unpaired) electrons. The summed E-state index contributed by atoms with van der Waals surface area (Å²) in [5.41, 5.74) is 3.95. The summed E-state index contributed by atoms with van der Waals surface area (Å²) in [7, 11) is 0. The topological polar surface area (TPSA) is 24.9 Å². The molecule has 0 fully saturated rings. The summed E-state index contributed by atoms with van der Waals surface area (Å²) in [4.78, 5) is 4.71. The SMILES string of the molecule is ClCC(Cc1ccccc1)Nc1ccc2c(n1)CCC2. The fourth-order valence-electron chi connectivity index (χ4n) is 2.75. The van der Waals surface area contributed by atoms with Gasteiger partial charge in [-0.1, -0.05) is 36.4 Å². The lowest BCUT2D eigenvalue weighted by Gasteiger charge is -2.17. The molecule has 2 nitrogen and oxygen atoms in total. The molecule has 1 aliphatic carbocycles. The second-order valence-electron chi connectivity index (χ2n) is 5.34. The van der Waals surface area contributed by atoms with E-state index in [-0.39, 0.29) is 6.04 Å². The van der Waals surface area contributed by atoms with E-state index in [1.807, 2.05) is 6.07 Å². The monoisotopic (exact) mass is 286 g/mol. The molecule has 0 amide bonds. The summed E-state index contributed by atoms with van der Waals surface area (Å²) in [5.74, 6) is 1.53. The van der Waals surface area contributed by atoms with Gasteiger partial charge >= 0.3 is 0 Å². The van der Waals surface area contributed by atoms with Crippen molar-refractivity contribution >= 4 is 17.4 Å². The maximum Gasteiger partial charge on any atom is 0.126 e. The third-order valence-electron chi connectivity index (χ3n) is 3.79. The number of alkyl halides is 1. The second-order valence-corrected chi connectivity index (χ2v) is 5.65. The predicted molar refractivity (Wildman–Crippen MR) is 84.5 cm³/mol. The van der Waals surface area contributed by atoms with Crippen LogP contribution in [0, 0.1) is 0 Å². The van der Waals surface area contributed by atoms with Gasteiger partial charge in [0.05, 0.1) is 0 Å².